The van der Waals surface area contributed by atoms with Gasteiger partial charge in [-0.15, -0.1) is 0 Å². The Morgan fingerprint density at radius 3 is 2.28 bits per heavy atom. The van der Waals surface area contributed by atoms with Crippen molar-refractivity contribution in [3.63, 3.8) is 0 Å². The number of alkyl halides is 6. The number of carbonyl (C=O) groups is 1. The number of thioether (sulfide) groups is 1. The molecule has 1 atom stereocenters. The second-order valence-electron chi connectivity index (χ2n) is 8.74. The van der Waals surface area contributed by atoms with Crippen LogP contribution in [0.5, 0.6) is 0 Å². The van der Waals surface area contributed by atoms with Gasteiger partial charge in [0, 0.05) is 18.2 Å². The van der Waals surface area contributed by atoms with Crippen molar-refractivity contribution in [1.29, 1.82) is 0 Å². The number of hydrazone groups is 1. The number of anilines is 1. The molecular weight excluding hydrogens is 528 g/mol. The summed E-state index contributed by atoms with van der Waals surface area (Å²) in [6.45, 7) is 2.03. The molecular formula is C24H24ClF6N3OS. The van der Waals surface area contributed by atoms with Crippen molar-refractivity contribution in [2.75, 3.05) is 30.5 Å². The first-order valence-electron chi connectivity index (χ1n) is 10.8. The lowest BCUT2D eigenvalue weighted by Crippen LogP contribution is -2.40. The third-order valence-electron chi connectivity index (χ3n) is 6.01. The number of nitrogens with zero attached hydrogens (tertiary/aromatic N) is 3. The zero-order valence-corrected chi connectivity index (χ0v) is 21.2. The number of benzene rings is 2. The van der Waals surface area contributed by atoms with E-state index in [0.717, 1.165) is 30.4 Å². The van der Waals surface area contributed by atoms with Crippen LogP contribution in [0.3, 0.4) is 0 Å². The fraction of sp³-hybridized carbons (Fsp3) is 0.417. The van der Waals surface area contributed by atoms with Gasteiger partial charge in [0.2, 0.25) is 0 Å². The maximum Gasteiger partial charge on any atom is 0.417 e. The summed E-state index contributed by atoms with van der Waals surface area (Å²) >= 11 is 7.58. The third-order valence-corrected chi connectivity index (χ3v) is 7.02. The summed E-state index contributed by atoms with van der Waals surface area (Å²) in [7, 11) is 1.42. The highest BCUT2D eigenvalue weighted by Crippen LogP contribution is 2.40. The first-order valence-corrected chi connectivity index (χ1v) is 12.6. The minimum Gasteiger partial charge on any atom is -0.296 e. The zero-order valence-electron chi connectivity index (χ0n) is 19.7. The van der Waals surface area contributed by atoms with Gasteiger partial charge in [-0.05, 0) is 66.8 Å². The highest BCUT2D eigenvalue weighted by Gasteiger charge is 2.42. The van der Waals surface area contributed by atoms with Gasteiger partial charge >= 0.3 is 18.4 Å². The number of carbonyl (C=O) groups excluding carboxylic acids is 1. The van der Waals surface area contributed by atoms with E-state index < -0.39 is 39.9 Å². The Labute approximate surface area is 214 Å². The summed E-state index contributed by atoms with van der Waals surface area (Å²) < 4.78 is 78.2. The van der Waals surface area contributed by atoms with Crippen molar-refractivity contribution in [3.05, 3.63) is 64.2 Å². The van der Waals surface area contributed by atoms with Gasteiger partial charge in [0.1, 0.15) is 0 Å². The molecule has 0 fully saturated rings. The summed E-state index contributed by atoms with van der Waals surface area (Å²) in [4.78, 5) is 14.4. The van der Waals surface area contributed by atoms with Crippen LogP contribution in [0.25, 0.3) is 0 Å². The van der Waals surface area contributed by atoms with Crippen molar-refractivity contribution in [2.45, 2.75) is 32.1 Å². The van der Waals surface area contributed by atoms with Crippen molar-refractivity contribution >= 4 is 40.8 Å². The normalized spacial score (nSPS) is 18.4. The Morgan fingerprint density at radius 1 is 1.11 bits per heavy atom. The molecule has 0 radical (unpaired) electrons. The lowest BCUT2D eigenvalue weighted by atomic mass is 9.78. The molecule has 0 bridgehead atoms. The van der Waals surface area contributed by atoms with Gasteiger partial charge < -0.3 is 0 Å². The summed E-state index contributed by atoms with van der Waals surface area (Å²) in [5.41, 5.74) is -1.45. The molecule has 1 unspecified atom stereocenters. The van der Waals surface area contributed by atoms with Gasteiger partial charge in [0.25, 0.3) is 0 Å². The molecule has 12 heteroatoms. The van der Waals surface area contributed by atoms with E-state index in [2.05, 4.69) is 5.10 Å². The van der Waals surface area contributed by atoms with E-state index in [1.807, 2.05) is 13.2 Å². The molecule has 3 rings (SSSR count). The molecule has 0 N–H and O–H groups in total. The van der Waals surface area contributed by atoms with Gasteiger partial charge in [-0.2, -0.15) is 43.2 Å². The van der Waals surface area contributed by atoms with E-state index >= 15 is 0 Å². The van der Waals surface area contributed by atoms with E-state index in [1.165, 1.54) is 41.2 Å². The van der Waals surface area contributed by atoms with Crippen LogP contribution in [0.2, 0.25) is 5.02 Å². The molecule has 4 nitrogen and oxygen atoms in total. The number of urea groups is 1. The van der Waals surface area contributed by atoms with Gasteiger partial charge in [0.05, 0.1) is 28.4 Å². The first-order chi connectivity index (χ1) is 16.7. The molecule has 0 spiro atoms. The lowest BCUT2D eigenvalue weighted by molar-refractivity contribution is -0.138. The van der Waals surface area contributed by atoms with E-state index in [9.17, 15) is 31.1 Å². The molecule has 2 amide bonds. The maximum absolute atomic E-state index is 13.2. The maximum atomic E-state index is 13.2. The fourth-order valence-corrected chi connectivity index (χ4v) is 4.77. The van der Waals surface area contributed by atoms with Crippen LogP contribution in [0.1, 0.15) is 36.5 Å². The van der Waals surface area contributed by atoms with Crippen molar-refractivity contribution in [1.82, 2.24) is 5.01 Å². The lowest BCUT2D eigenvalue weighted by Gasteiger charge is -2.28. The molecule has 36 heavy (non-hydrogen) atoms. The standard InChI is InChI=1S/C24H24ClF6N3OS/c1-22(11-4-12-36-3)14-34(21(35)33(2)17-8-6-16(7-9-17)23(26,27)28)32-20(22)15-5-10-18(19(25)13-15)24(29,30)31/h5-10,13H,4,11-12,14H2,1-3H3. The zero-order chi connectivity index (χ0) is 26.9. The first kappa shape index (κ1) is 28.2. The second-order valence-corrected chi connectivity index (χ2v) is 10.1. The molecule has 1 aliphatic heterocycles. The van der Waals surface area contributed by atoms with E-state index in [-0.39, 0.29) is 12.2 Å². The molecule has 2 aromatic carbocycles. The third kappa shape index (κ3) is 6.11. The number of hydrogen-bond acceptors (Lipinski definition) is 3. The highest BCUT2D eigenvalue weighted by atomic mass is 35.5. The van der Waals surface area contributed by atoms with Crippen molar-refractivity contribution in [3.8, 4) is 0 Å². The molecule has 1 aliphatic rings. The topological polar surface area (TPSA) is 35.9 Å². The predicted molar refractivity (Wildman–Crippen MR) is 131 cm³/mol. The number of rotatable bonds is 6. The molecule has 0 saturated carbocycles. The Bertz CT molecular complexity index is 1140. The minimum absolute atomic E-state index is 0.152. The Hall–Kier alpha value is -2.40. The number of hydrogen-bond donors (Lipinski definition) is 0. The number of amides is 2. The van der Waals surface area contributed by atoms with Crippen molar-refractivity contribution < 1.29 is 31.1 Å². The Morgan fingerprint density at radius 2 is 1.75 bits per heavy atom. The quantitative estimate of drug-likeness (QED) is 0.271. The van der Waals surface area contributed by atoms with Crippen LogP contribution in [0.15, 0.2) is 47.6 Å². The summed E-state index contributed by atoms with van der Waals surface area (Å²) in [6, 6.07) is 6.93. The van der Waals surface area contributed by atoms with Gasteiger partial charge in [-0.1, -0.05) is 24.6 Å². The van der Waals surface area contributed by atoms with Crippen LogP contribution >= 0.6 is 23.4 Å². The largest absolute Gasteiger partial charge is 0.417 e. The monoisotopic (exact) mass is 551 g/mol. The summed E-state index contributed by atoms with van der Waals surface area (Å²) in [6.07, 6.45) is -5.77. The van der Waals surface area contributed by atoms with E-state index in [4.69, 9.17) is 11.6 Å². The van der Waals surface area contributed by atoms with E-state index in [1.54, 1.807) is 11.8 Å². The number of halogens is 7. The SMILES string of the molecule is CSCCCC1(C)CN(C(=O)N(C)c2ccc(C(F)(F)F)cc2)N=C1c1ccc(C(F)(F)F)c(Cl)c1. The molecule has 2 aromatic rings. The van der Waals surface area contributed by atoms with Crippen LogP contribution in [0, 0.1) is 5.41 Å². The second kappa shape index (κ2) is 10.5. The molecule has 0 saturated heterocycles. The highest BCUT2D eigenvalue weighted by molar-refractivity contribution is 7.98. The molecule has 196 valence electrons. The Balaban J connectivity index is 1.93. The van der Waals surface area contributed by atoms with Gasteiger partial charge in [-0.25, -0.2) is 9.80 Å². The minimum atomic E-state index is -4.61. The molecule has 0 aromatic heterocycles. The summed E-state index contributed by atoms with van der Waals surface area (Å²) in [5.74, 6) is 0.843. The average Bonchev–Trinajstić information content (AvgIpc) is 3.14. The summed E-state index contributed by atoms with van der Waals surface area (Å²) in [5, 5.41) is 5.18. The van der Waals surface area contributed by atoms with Gasteiger partial charge in [-0.3, -0.25) is 4.90 Å². The van der Waals surface area contributed by atoms with Gasteiger partial charge in [0.15, 0.2) is 0 Å². The smallest absolute Gasteiger partial charge is 0.296 e. The molecule has 0 aliphatic carbocycles. The van der Waals surface area contributed by atoms with Crippen LogP contribution < -0.4 is 4.90 Å². The van der Waals surface area contributed by atoms with Crippen LogP contribution in [0.4, 0.5) is 36.8 Å². The van der Waals surface area contributed by atoms with Crippen LogP contribution in [-0.4, -0.2) is 42.4 Å². The van der Waals surface area contributed by atoms with E-state index in [0.29, 0.717) is 17.7 Å². The fourth-order valence-electron chi connectivity index (χ4n) is 4.05. The predicted octanol–water partition coefficient (Wildman–Crippen LogP) is 7.80. The molecule has 1 heterocycles. The Kier molecular flexibility index (Phi) is 8.24. The average molecular weight is 552 g/mol. The van der Waals surface area contributed by atoms with Crippen molar-refractivity contribution in [2.24, 2.45) is 10.5 Å². The van der Waals surface area contributed by atoms with Crippen LogP contribution in [-0.2, 0) is 12.4 Å².